The number of aliphatic hydroxyl groups is 1. The summed E-state index contributed by atoms with van der Waals surface area (Å²) in [7, 11) is 2.12. The second-order valence-corrected chi connectivity index (χ2v) is 5.20. The Morgan fingerprint density at radius 2 is 1.69 bits per heavy atom. The minimum absolute atomic E-state index is 0.113. The molecule has 0 bridgehead atoms. The average Bonchev–Trinajstić information content (AvgIpc) is 2.02. The molecule has 13 heavy (non-hydrogen) atoms. The SMILES string of the molecule is CN([C@@H]1CCCC[C@H]1O)C(C)(C)C. The summed E-state index contributed by atoms with van der Waals surface area (Å²) >= 11 is 0. The summed E-state index contributed by atoms with van der Waals surface area (Å²) in [4.78, 5) is 2.32. The van der Waals surface area contributed by atoms with Gasteiger partial charge in [0.05, 0.1) is 6.10 Å². The van der Waals surface area contributed by atoms with Gasteiger partial charge in [0.25, 0.3) is 0 Å². The molecule has 2 nitrogen and oxygen atoms in total. The topological polar surface area (TPSA) is 23.5 Å². The van der Waals surface area contributed by atoms with Crippen LogP contribution in [0.2, 0.25) is 0 Å². The fourth-order valence-electron chi connectivity index (χ4n) is 2.04. The first-order chi connectivity index (χ1) is 5.93. The minimum atomic E-state index is -0.113. The van der Waals surface area contributed by atoms with Gasteiger partial charge in [-0.15, -0.1) is 0 Å². The third-order valence-electron chi connectivity index (χ3n) is 3.25. The van der Waals surface area contributed by atoms with Gasteiger partial charge in [0.15, 0.2) is 0 Å². The summed E-state index contributed by atoms with van der Waals surface area (Å²) in [6, 6.07) is 0.369. The van der Waals surface area contributed by atoms with E-state index in [9.17, 15) is 5.11 Å². The zero-order chi connectivity index (χ0) is 10.1. The Labute approximate surface area is 81.9 Å². The molecule has 0 radical (unpaired) electrons. The molecular weight excluding hydrogens is 162 g/mol. The summed E-state index contributed by atoms with van der Waals surface area (Å²) < 4.78 is 0. The van der Waals surface area contributed by atoms with Crippen molar-refractivity contribution in [3.8, 4) is 0 Å². The van der Waals surface area contributed by atoms with E-state index in [0.29, 0.717) is 6.04 Å². The van der Waals surface area contributed by atoms with Crippen LogP contribution >= 0.6 is 0 Å². The van der Waals surface area contributed by atoms with Crippen molar-refractivity contribution in [3.05, 3.63) is 0 Å². The number of likely N-dealkylation sites (N-methyl/N-ethyl adjacent to an activating group) is 1. The maximum atomic E-state index is 9.86. The monoisotopic (exact) mass is 185 g/mol. The third kappa shape index (κ3) is 2.68. The predicted molar refractivity (Wildman–Crippen MR) is 55.8 cm³/mol. The molecule has 78 valence electrons. The highest BCUT2D eigenvalue weighted by Crippen LogP contribution is 2.26. The molecule has 0 aliphatic heterocycles. The first-order valence-corrected chi connectivity index (χ1v) is 5.34. The first kappa shape index (κ1) is 11.0. The number of rotatable bonds is 1. The summed E-state index contributed by atoms with van der Waals surface area (Å²) in [5, 5.41) is 9.86. The standard InChI is InChI=1S/C11H23NO/c1-11(2,3)12(4)9-7-5-6-8-10(9)13/h9-10,13H,5-8H2,1-4H3/t9-,10-/m1/s1. The van der Waals surface area contributed by atoms with Gasteiger partial charge < -0.3 is 5.11 Å². The zero-order valence-corrected chi connectivity index (χ0v) is 9.38. The van der Waals surface area contributed by atoms with Gasteiger partial charge in [0.1, 0.15) is 0 Å². The number of hydrogen-bond acceptors (Lipinski definition) is 2. The molecule has 1 aliphatic carbocycles. The molecule has 2 atom stereocenters. The lowest BCUT2D eigenvalue weighted by molar-refractivity contribution is -0.00691. The summed E-state index contributed by atoms with van der Waals surface area (Å²) in [6.07, 6.45) is 4.47. The van der Waals surface area contributed by atoms with E-state index in [1.165, 1.54) is 12.8 Å². The Morgan fingerprint density at radius 3 is 2.15 bits per heavy atom. The van der Waals surface area contributed by atoms with Crippen LogP contribution in [-0.4, -0.2) is 34.7 Å². The lowest BCUT2D eigenvalue weighted by Gasteiger charge is -2.42. The quantitative estimate of drug-likeness (QED) is 0.675. The van der Waals surface area contributed by atoms with Gasteiger partial charge in [-0.3, -0.25) is 4.90 Å². The van der Waals surface area contributed by atoms with Crippen LogP contribution in [0.3, 0.4) is 0 Å². The van der Waals surface area contributed by atoms with Gasteiger partial charge in [0.2, 0.25) is 0 Å². The second-order valence-electron chi connectivity index (χ2n) is 5.20. The molecule has 1 rings (SSSR count). The van der Waals surface area contributed by atoms with E-state index in [4.69, 9.17) is 0 Å². The van der Waals surface area contributed by atoms with Crippen molar-refractivity contribution in [1.82, 2.24) is 4.90 Å². The summed E-state index contributed by atoms with van der Waals surface area (Å²) in [5.41, 5.74) is 0.170. The fraction of sp³-hybridized carbons (Fsp3) is 1.00. The molecule has 2 heteroatoms. The first-order valence-electron chi connectivity index (χ1n) is 5.34. The maximum absolute atomic E-state index is 9.86. The van der Waals surface area contributed by atoms with E-state index >= 15 is 0 Å². The minimum Gasteiger partial charge on any atom is -0.391 e. The molecule has 0 amide bonds. The van der Waals surface area contributed by atoms with Crippen LogP contribution < -0.4 is 0 Å². The molecule has 1 N–H and O–H groups in total. The van der Waals surface area contributed by atoms with Crippen LogP contribution in [0.25, 0.3) is 0 Å². The molecule has 0 aromatic heterocycles. The largest absolute Gasteiger partial charge is 0.391 e. The van der Waals surface area contributed by atoms with Crippen LogP contribution in [-0.2, 0) is 0 Å². The molecule has 0 heterocycles. The Balaban J connectivity index is 2.58. The number of nitrogens with zero attached hydrogens (tertiary/aromatic N) is 1. The van der Waals surface area contributed by atoms with Crippen LogP contribution in [0.15, 0.2) is 0 Å². The van der Waals surface area contributed by atoms with Gasteiger partial charge in [-0.05, 0) is 40.7 Å². The molecule has 0 unspecified atom stereocenters. The molecule has 0 spiro atoms. The zero-order valence-electron chi connectivity index (χ0n) is 9.38. The van der Waals surface area contributed by atoms with Crippen molar-refractivity contribution in [1.29, 1.82) is 0 Å². The van der Waals surface area contributed by atoms with Crippen molar-refractivity contribution >= 4 is 0 Å². The highest BCUT2D eigenvalue weighted by Gasteiger charge is 2.31. The maximum Gasteiger partial charge on any atom is 0.0695 e. The summed E-state index contributed by atoms with van der Waals surface area (Å²) in [6.45, 7) is 6.61. The van der Waals surface area contributed by atoms with Gasteiger partial charge in [-0.25, -0.2) is 0 Å². The predicted octanol–water partition coefficient (Wildman–Crippen LogP) is 2.02. The average molecular weight is 185 g/mol. The Morgan fingerprint density at radius 1 is 1.15 bits per heavy atom. The Hall–Kier alpha value is -0.0800. The molecule has 0 aromatic carbocycles. The normalized spacial score (nSPS) is 30.9. The third-order valence-corrected chi connectivity index (χ3v) is 3.25. The van der Waals surface area contributed by atoms with Gasteiger partial charge in [0, 0.05) is 11.6 Å². The molecule has 0 aromatic rings. The number of aliphatic hydroxyl groups excluding tert-OH is 1. The Bertz CT molecular complexity index is 162. The van der Waals surface area contributed by atoms with E-state index in [1.54, 1.807) is 0 Å². The van der Waals surface area contributed by atoms with Crippen molar-refractivity contribution in [3.63, 3.8) is 0 Å². The van der Waals surface area contributed by atoms with E-state index in [0.717, 1.165) is 12.8 Å². The van der Waals surface area contributed by atoms with Crippen molar-refractivity contribution < 1.29 is 5.11 Å². The lowest BCUT2D eigenvalue weighted by Crippen LogP contribution is -2.51. The van der Waals surface area contributed by atoms with Crippen molar-refractivity contribution in [2.45, 2.75) is 64.1 Å². The van der Waals surface area contributed by atoms with Crippen LogP contribution in [0.5, 0.6) is 0 Å². The molecule has 1 saturated carbocycles. The highest BCUT2D eigenvalue weighted by molar-refractivity contribution is 4.87. The van der Waals surface area contributed by atoms with Gasteiger partial charge in [-0.2, -0.15) is 0 Å². The van der Waals surface area contributed by atoms with Crippen LogP contribution in [0.1, 0.15) is 46.5 Å². The van der Waals surface area contributed by atoms with E-state index in [-0.39, 0.29) is 11.6 Å². The van der Waals surface area contributed by atoms with Crippen molar-refractivity contribution in [2.75, 3.05) is 7.05 Å². The highest BCUT2D eigenvalue weighted by atomic mass is 16.3. The van der Waals surface area contributed by atoms with E-state index < -0.39 is 0 Å². The van der Waals surface area contributed by atoms with Crippen molar-refractivity contribution in [2.24, 2.45) is 0 Å². The molecular formula is C11H23NO. The summed E-state index contributed by atoms with van der Waals surface area (Å²) in [5.74, 6) is 0. The van der Waals surface area contributed by atoms with E-state index in [1.807, 2.05) is 0 Å². The smallest absolute Gasteiger partial charge is 0.0695 e. The lowest BCUT2D eigenvalue weighted by atomic mass is 9.89. The van der Waals surface area contributed by atoms with E-state index in [2.05, 4.69) is 32.7 Å². The van der Waals surface area contributed by atoms with Crippen LogP contribution in [0, 0.1) is 0 Å². The number of hydrogen-bond donors (Lipinski definition) is 1. The van der Waals surface area contributed by atoms with Gasteiger partial charge in [-0.1, -0.05) is 12.8 Å². The second kappa shape index (κ2) is 3.97. The van der Waals surface area contributed by atoms with Crippen LogP contribution in [0.4, 0.5) is 0 Å². The molecule has 1 aliphatic rings. The van der Waals surface area contributed by atoms with Gasteiger partial charge >= 0.3 is 0 Å². The molecule has 0 saturated heterocycles. The fourth-order valence-corrected chi connectivity index (χ4v) is 2.04. The molecule has 1 fully saturated rings. The Kier molecular flexibility index (Phi) is 3.36.